The maximum atomic E-state index is 5.44. The van der Waals surface area contributed by atoms with Gasteiger partial charge >= 0.3 is 0 Å². The summed E-state index contributed by atoms with van der Waals surface area (Å²) in [6, 6.07) is 16.9. The average molecular weight is 266 g/mol. The number of rotatable bonds is 6. The number of hydrogen-bond acceptors (Lipinski definition) is 1. The molecule has 0 bridgehead atoms. The molecular weight excluding hydrogens is 244 g/mol. The second-order valence-electron chi connectivity index (χ2n) is 4.83. The monoisotopic (exact) mass is 266 g/mol. The van der Waals surface area contributed by atoms with Crippen molar-refractivity contribution in [1.29, 1.82) is 0 Å². The van der Waals surface area contributed by atoms with Crippen LogP contribution in [0.4, 0.5) is 0 Å². The second-order valence-corrected chi connectivity index (χ2v) is 4.83. The molecule has 2 aromatic carbocycles. The fourth-order valence-corrected chi connectivity index (χ4v) is 2.12. The van der Waals surface area contributed by atoms with Gasteiger partial charge in [-0.3, -0.25) is 0 Å². The smallest absolute Gasteiger partial charge is 0.119 e. The molecule has 0 heterocycles. The van der Waals surface area contributed by atoms with Crippen molar-refractivity contribution in [2.75, 3.05) is 6.61 Å². The Morgan fingerprint density at radius 3 is 1.85 bits per heavy atom. The molecule has 0 fully saturated rings. The zero-order valence-corrected chi connectivity index (χ0v) is 12.3. The molecule has 0 unspecified atom stereocenters. The van der Waals surface area contributed by atoms with Crippen molar-refractivity contribution >= 4 is 12.2 Å². The first-order chi connectivity index (χ1) is 9.81. The summed E-state index contributed by atoms with van der Waals surface area (Å²) in [4.78, 5) is 0. The Bertz CT molecular complexity index is 483. The van der Waals surface area contributed by atoms with Gasteiger partial charge in [0, 0.05) is 0 Å². The zero-order valence-electron chi connectivity index (χ0n) is 12.3. The summed E-state index contributed by atoms with van der Waals surface area (Å²) < 4.78 is 5.44. The normalized spacial score (nSPS) is 10.9. The van der Waals surface area contributed by atoms with Gasteiger partial charge in [-0.05, 0) is 42.2 Å². The average Bonchev–Trinajstić information content (AvgIpc) is 2.49. The maximum Gasteiger partial charge on any atom is 0.119 e. The molecule has 0 radical (unpaired) electrons. The van der Waals surface area contributed by atoms with Crippen LogP contribution in [0.5, 0.6) is 5.75 Å². The van der Waals surface area contributed by atoms with Gasteiger partial charge in [-0.15, -0.1) is 0 Å². The number of ether oxygens (including phenoxy) is 1. The van der Waals surface area contributed by atoms with E-state index in [1.807, 2.05) is 19.1 Å². The molecule has 0 aliphatic carbocycles. The van der Waals surface area contributed by atoms with Crippen molar-refractivity contribution in [1.82, 2.24) is 0 Å². The molecule has 2 aromatic rings. The molecule has 1 nitrogen and oxygen atoms in total. The van der Waals surface area contributed by atoms with E-state index >= 15 is 0 Å². The summed E-state index contributed by atoms with van der Waals surface area (Å²) in [7, 11) is 0. The predicted molar refractivity (Wildman–Crippen MR) is 87.0 cm³/mol. The third-order valence-electron chi connectivity index (χ3n) is 3.18. The highest BCUT2D eigenvalue weighted by Crippen LogP contribution is 2.15. The van der Waals surface area contributed by atoms with Gasteiger partial charge in [0.1, 0.15) is 5.75 Å². The van der Waals surface area contributed by atoms with Crippen molar-refractivity contribution < 1.29 is 4.74 Å². The molecular formula is C19H22O. The third-order valence-corrected chi connectivity index (χ3v) is 3.18. The number of hydrogen-bond donors (Lipinski definition) is 0. The summed E-state index contributed by atoms with van der Waals surface area (Å²) in [5, 5.41) is 0. The van der Waals surface area contributed by atoms with Crippen molar-refractivity contribution in [3.05, 3.63) is 65.2 Å². The number of aryl methyl sites for hydroxylation is 1. The Hall–Kier alpha value is -2.02. The van der Waals surface area contributed by atoms with Gasteiger partial charge in [0.05, 0.1) is 6.61 Å². The minimum atomic E-state index is 0.708. The lowest BCUT2D eigenvalue weighted by molar-refractivity contribution is 0.340. The van der Waals surface area contributed by atoms with E-state index in [-0.39, 0.29) is 0 Å². The molecule has 20 heavy (non-hydrogen) atoms. The molecule has 104 valence electrons. The Balaban J connectivity index is 2.01. The molecule has 0 amide bonds. The van der Waals surface area contributed by atoms with Gasteiger partial charge in [0.15, 0.2) is 0 Å². The first-order valence-electron chi connectivity index (χ1n) is 7.31. The lowest BCUT2D eigenvalue weighted by Crippen LogP contribution is -1.90. The first kappa shape index (κ1) is 14.4. The van der Waals surface area contributed by atoms with Crippen LogP contribution < -0.4 is 4.74 Å². The molecule has 0 N–H and O–H groups in total. The molecule has 0 aliphatic heterocycles. The standard InChI is InChI=1S/C19H22O/c1-3-5-16-6-8-17(9-7-16)10-11-18-12-14-19(15-13-18)20-4-2/h6-15H,3-5H2,1-2H3/b11-10-. The SMILES string of the molecule is CCCc1ccc(/C=C\c2ccc(OCC)cc2)cc1. The van der Waals surface area contributed by atoms with Gasteiger partial charge in [0.25, 0.3) is 0 Å². The number of benzene rings is 2. The highest BCUT2D eigenvalue weighted by Gasteiger charge is 1.93. The van der Waals surface area contributed by atoms with E-state index in [0.717, 1.165) is 12.2 Å². The largest absolute Gasteiger partial charge is 0.494 e. The molecule has 0 aromatic heterocycles. The van der Waals surface area contributed by atoms with Crippen LogP contribution in [-0.2, 0) is 6.42 Å². The first-order valence-corrected chi connectivity index (χ1v) is 7.31. The Labute approximate surface area is 121 Å². The van der Waals surface area contributed by atoms with Gasteiger partial charge in [0.2, 0.25) is 0 Å². The van der Waals surface area contributed by atoms with Crippen molar-refractivity contribution in [3.63, 3.8) is 0 Å². The van der Waals surface area contributed by atoms with Crippen LogP contribution in [0.15, 0.2) is 48.5 Å². The van der Waals surface area contributed by atoms with Crippen molar-refractivity contribution in [2.45, 2.75) is 26.7 Å². The van der Waals surface area contributed by atoms with Crippen LogP contribution in [0.25, 0.3) is 12.2 Å². The van der Waals surface area contributed by atoms with E-state index in [2.05, 4.69) is 55.5 Å². The molecule has 1 heteroatoms. The van der Waals surface area contributed by atoms with Crippen LogP contribution >= 0.6 is 0 Å². The minimum absolute atomic E-state index is 0.708. The summed E-state index contributed by atoms with van der Waals surface area (Å²) in [5.41, 5.74) is 3.83. The quantitative estimate of drug-likeness (QED) is 0.652. The summed E-state index contributed by atoms with van der Waals surface area (Å²) in [6.07, 6.45) is 6.63. The third kappa shape index (κ3) is 4.27. The van der Waals surface area contributed by atoms with Crippen LogP contribution in [0.1, 0.15) is 37.0 Å². The van der Waals surface area contributed by atoms with E-state index < -0.39 is 0 Å². The fraction of sp³-hybridized carbons (Fsp3) is 0.263. The summed E-state index contributed by atoms with van der Waals surface area (Å²) >= 11 is 0. The molecule has 0 saturated carbocycles. The lowest BCUT2D eigenvalue weighted by atomic mass is 10.1. The van der Waals surface area contributed by atoms with E-state index in [0.29, 0.717) is 6.61 Å². The van der Waals surface area contributed by atoms with E-state index in [1.54, 1.807) is 0 Å². The van der Waals surface area contributed by atoms with Gasteiger partial charge in [-0.1, -0.05) is 61.9 Å². The van der Waals surface area contributed by atoms with Crippen LogP contribution in [0, 0.1) is 0 Å². The molecule has 0 spiro atoms. The summed E-state index contributed by atoms with van der Waals surface area (Å²) in [6.45, 7) is 4.91. The second kappa shape index (κ2) is 7.54. The van der Waals surface area contributed by atoms with Crippen LogP contribution in [-0.4, -0.2) is 6.61 Å². The maximum absolute atomic E-state index is 5.44. The van der Waals surface area contributed by atoms with E-state index in [4.69, 9.17) is 4.74 Å². The van der Waals surface area contributed by atoms with Crippen LogP contribution in [0.3, 0.4) is 0 Å². The van der Waals surface area contributed by atoms with Crippen LogP contribution in [0.2, 0.25) is 0 Å². The highest BCUT2D eigenvalue weighted by atomic mass is 16.5. The Morgan fingerprint density at radius 1 is 0.800 bits per heavy atom. The molecule has 0 aliphatic rings. The minimum Gasteiger partial charge on any atom is -0.494 e. The van der Waals surface area contributed by atoms with Gasteiger partial charge in [-0.2, -0.15) is 0 Å². The Kier molecular flexibility index (Phi) is 5.43. The Morgan fingerprint density at radius 2 is 1.35 bits per heavy atom. The van der Waals surface area contributed by atoms with Crippen molar-refractivity contribution in [2.24, 2.45) is 0 Å². The van der Waals surface area contributed by atoms with Gasteiger partial charge in [-0.25, -0.2) is 0 Å². The topological polar surface area (TPSA) is 9.23 Å². The molecule has 2 rings (SSSR count). The molecule has 0 atom stereocenters. The summed E-state index contributed by atoms with van der Waals surface area (Å²) in [5.74, 6) is 0.925. The molecule has 0 saturated heterocycles. The predicted octanol–water partition coefficient (Wildman–Crippen LogP) is 5.21. The van der Waals surface area contributed by atoms with Crippen molar-refractivity contribution in [3.8, 4) is 5.75 Å². The van der Waals surface area contributed by atoms with Gasteiger partial charge < -0.3 is 4.74 Å². The fourth-order valence-electron chi connectivity index (χ4n) is 2.12. The highest BCUT2D eigenvalue weighted by molar-refractivity contribution is 5.69. The zero-order chi connectivity index (χ0) is 14.2. The van der Waals surface area contributed by atoms with E-state index in [1.165, 1.54) is 23.1 Å². The lowest BCUT2D eigenvalue weighted by Gasteiger charge is -2.02. The van der Waals surface area contributed by atoms with E-state index in [9.17, 15) is 0 Å².